The van der Waals surface area contributed by atoms with Crippen molar-refractivity contribution >= 4 is 46.1 Å². The van der Waals surface area contributed by atoms with Gasteiger partial charge < -0.3 is 19.8 Å². The zero-order valence-electron chi connectivity index (χ0n) is 18.4. The van der Waals surface area contributed by atoms with Crippen molar-refractivity contribution in [3.05, 3.63) is 59.2 Å². The SMILES string of the molecule is COC(=O)[C@@H](Cc1c[nH]c2ccccc12)NC(=O)CSc1n[nH]c(-c2cc(Cl)ccc2OC)n1. The number of aromatic nitrogens is 4. The van der Waals surface area contributed by atoms with Crippen molar-refractivity contribution in [2.75, 3.05) is 20.0 Å². The third-order valence-corrected chi connectivity index (χ3v) is 6.22. The number of aromatic amines is 2. The smallest absolute Gasteiger partial charge is 0.328 e. The van der Waals surface area contributed by atoms with Gasteiger partial charge in [-0.1, -0.05) is 41.6 Å². The van der Waals surface area contributed by atoms with Crippen LogP contribution in [0.4, 0.5) is 0 Å². The minimum Gasteiger partial charge on any atom is -0.496 e. The summed E-state index contributed by atoms with van der Waals surface area (Å²) >= 11 is 7.22. The summed E-state index contributed by atoms with van der Waals surface area (Å²) in [4.78, 5) is 32.5. The monoisotopic (exact) mass is 499 g/mol. The zero-order chi connectivity index (χ0) is 24.1. The number of esters is 1. The molecular weight excluding hydrogens is 478 g/mol. The van der Waals surface area contributed by atoms with Gasteiger partial charge in [0.05, 0.1) is 25.5 Å². The Bertz CT molecular complexity index is 1320. The summed E-state index contributed by atoms with van der Waals surface area (Å²) in [6.07, 6.45) is 2.13. The number of para-hydroxylation sites is 1. The number of halogens is 1. The maximum absolute atomic E-state index is 12.6. The van der Waals surface area contributed by atoms with Crippen LogP contribution in [0.2, 0.25) is 5.02 Å². The third-order valence-electron chi connectivity index (χ3n) is 5.13. The first-order valence-electron chi connectivity index (χ1n) is 10.3. The molecule has 0 aliphatic heterocycles. The van der Waals surface area contributed by atoms with Crippen LogP contribution >= 0.6 is 23.4 Å². The van der Waals surface area contributed by atoms with Crippen LogP contribution in [0.5, 0.6) is 5.75 Å². The molecule has 0 saturated carbocycles. The topological polar surface area (TPSA) is 122 Å². The molecule has 2 aromatic heterocycles. The Labute approximate surface area is 204 Å². The Morgan fingerprint density at radius 2 is 2.03 bits per heavy atom. The number of amides is 1. The van der Waals surface area contributed by atoms with Crippen molar-refractivity contribution in [1.29, 1.82) is 0 Å². The fourth-order valence-corrected chi connectivity index (χ4v) is 4.30. The number of ether oxygens (including phenoxy) is 2. The van der Waals surface area contributed by atoms with Crippen molar-refractivity contribution < 1.29 is 19.1 Å². The molecular formula is C23H22ClN5O4S. The van der Waals surface area contributed by atoms with Gasteiger partial charge in [-0.3, -0.25) is 9.89 Å². The highest BCUT2D eigenvalue weighted by atomic mass is 35.5. The van der Waals surface area contributed by atoms with E-state index in [1.807, 2.05) is 30.5 Å². The average molecular weight is 500 g/mol. The minimum absolute atomic E-state index is 0.0192. The number of fused-ring (bicyclic) bond motifs is 1. The number of hydrogen-bond acceptors (Lipinski definition) is 7. The van der Waals surface area contributed by atoms with Gasteiger partial charge in [-0.25, -0.2) is 9.78 Å². The first-order chi connectivity index (χ1) is 16.5. The summed E-state index contributed by atoms with van der Waals surface area (Å²) in [6.45, 7) is 0. The number of carbonyl (C=O) groups is 2. The van der Waals surface area contributed by atoms with Crippen LogP contribution in [-0.2, 0) is 20.7 Å². The van der Waals surface area contributed by atoms with E-state index in [2.05, 4.69) is 25.5 Å². The average Bonchev–Trinajstić information content (AvgIpc) is 3.49. The van der Waals surface area contributed by atoms with E-state index in [0.717, 1.165) is 28.2 Å². The molecule has 3 N–H and O–H groups in total. The number of thioether (sulfide) groups is 1. The Balaban J connectivity index is 1.40. The summed E-state index contributed by atoms with van der Waals surface area (Å²) in [5.74, 6) is 0.219. The second-order valence-corrected chi connectivity index (χ2v) is 8.69. The van der Waals surface area contributed by atoms with Crippen LogP contribution in [0.3, 0.4) is 0 Å². The quantitative estimate of drug-likeness (QED) is 0.237. The number of methoxy groups -OCH3 is 2. The van der Waals surface area contributed by atoms with Crippen molar-refractivity contribution in [3.8, 4) is 17.1 Å². The highest BCUT2D eigenvalue weighted by Gasteiger charge is 2.23. The molecule has 4 rings (SSSR count). The molecule has 0 spiro atoms. The van der Waals surface area contributed by atoms with E-state index in [-0.39, 0.29) is 11.7 Å². The van der Waals surface area contributed by atoms with Crippen LogP contribution in [0.15, 0.2) is 53.8 Å². The first kappa shape index (κ1) is 23.7. The van der Waals surface area contributed by atoms with Crippen LogP contribution in [0.1, 0.15) is 5.56 Å². The van der Waals surface area contributed by atoms with Gasteiger partial charge in [0.15, 0.2) is 5.82 Å². The Kier molecular flexibility index (Phi) is 7.39. The first-order valence-corrected chi connectivity index (χ1v) is 11.7. The Hall–Kier alpha value is -3.50. The lowest BCUT2D eigenvalue weighted by molar-refractivity contribution is -0.144. The van der Waals surface area contributed by atoms with E-state index in [4.69, 9.17) is 21.1 Å². The van der Waals surface area contributed by atoms with Gasteiger partial charge in [0.1, 0.15) is 11.8 Å². The number of benzene rings is 2. The molecule has 0 aliphatic carbocycles. The maximum Gasteiger partial charge on any atom is 0.328 e. The maximum atomic E-state index is 12.6. The molecule has 9 nitrogen and oxygen atoms in total. The number of hydrogen-bond donors (Lipinski definition) is 3. The largest absolute Gasteiger partial charge is 0.496 e. The van der Waals surface area contributed by atoms with Crippen molar-refractivity contribution in [2.24, 2.45) is 0 Å². The second-order valence-electron chi connectivity index (χ2n) is 7.31. The normalized spacial score (nSPS) is 11.9. The van der Waals surface area contributed by atoms with Crippen LogP contribution < -0.4 is 10.1 Å². The summed E-state index contributed by atoms with van der Waals surface area (Å²) in [5.41, 5.74) is 2.52. The summed E-state index contributed by atoms with van der Waals surface area (Å²) in [6, 6.07) is 12.1. The summed E-state index contributed by atoms with van der Waals surface area (Å²) < 4.78 is 10.2. The van der Waals surface area contributed by atoms with E-state index in [1.165, 1.54) is 7.11 Å². The lowest BCUT2D eigenvalue weighted by Crippen LogP contribution is -2.43. The predicted molar refractivity (Wildman–Crippen MR) is 130 cm³/mol. The number of nitrogens with one attached hydrogen (secondary N) is 3. The van der Waals surface area contributed by atoms with Gasteiger partial charge in [0.2, 0.25) is 11.1 Å². The Morgan fingerprint density at radius 3 is 2.82 bits per heavy atom. The van der Waals surface area contributed by atoms with E-state index in [9.17, 15) is 9.59 Å². The molecule has 0 aliphatic rings. The fraction of sp³-hybridized carbons (Fsp3) is 0.217. The molecule has 2 aromatic carbocycles. The standard InChI is InChI=1S/C23H22ClN5O4S/c1-32-19-8-7-14(24)10-16(19)21-27-23(29-28-21)34-12-20(30)26-18(22(31)33-2)9-13-11-25-17-6-4-3-5-15(13)17/h3-8,10-11,18,25H,9,12H2,1-2H3,(H,26,30)(H,27,28,29)/t18-/m1/s1. The molecule has 11 heteroatoms. The van der Waals surface area contributed by atoms with Crippen LogP contribution in [-0.4, -0.2) is 58.1 Å². The molecule has 0 radical (unpaired) electrons. The summed E-state index contributed by atoms with van der Waals surface area (Å²) in [7, 11) is 2.85. The van der Waals surface area contributed by atoms with E-state index >= 15 is 0 Å². The molecule has 0 saturated heterocycles. The third kappa shape index (κ3) is 5.35. The predicted octanol–water partition coefficient (Wildman–Crippen LogP) is 3.61. The molecule has 0 fully saturated rings. The Morgan fingerprint density at radius 1 is 1.21 bits per heavy atom. The molecule has 1 atom stereocenters. The number of nitrogens with zero attached hydrogens (tertiary/aromatic N) is 2. The van der Waals surface area contributed by atoms with Crippen molar-refractivity contribution in [3.63, 3.8) is 0 Å². The van der Waals surface area contributed by atoms with Gasteiger partial charge in [0, 0.05) is 28.5 Å². The lowest BCUT2D eigenvalue weighted by Gasteiger charge is -2.16. The molecule has 0 unspecified atom stereocenters. The van der Waals surface area contributed by atoms with Gasteiger partial charge in [0.25, 0.3) is 0 Å². The fourth-order valence-electron chi connectivity index (χ4n) is 3.52. The number of carbonyl (C=O) groups excluding carboxylic acids is 2. The highest BCUT2D eigenvalue weighted by Crippen LogP contribution is 2.31. The van der Waals surface area contributed by atoms with Gasteiger partial charge >= 0.3 is 5.97 Å². The molecule has 2 heterocycles. The van der Waals surface area contributed by atoms with E-state index < -0.39 is 12.0 Å². The van der Waals surface area contributed by atoms with Gasteiger partial charge in [-0.15, -0.1) is 5.10 Å². The zero-order valence-corrected chi connectivity index (χ0v) is 20.0. The molecule has 176 valence electrons. The van der Waals surface area contributed by atoms with Crippen molar-refractivity contribution in [1.82, 2.24) is 25.5 Å². The van der Waals surface area contributed by atoms with E-state index in [1.54, 1.807) is 25.3 Å². The van der Waals surface area contributed by atoms with Crippen molar-refractivity contribution in [2.45, 2.75) is 17.6 Å². The summed E-state index contributed by atoms with van der Waals surface area (Å²) in [5, 5.41) is 11.6. The van der Waals surface area contributed by atoms with Gasteiger partial charge in [-0.05, 0) is 29.8 Å². The molecule has 0 bridgehead atoms. The van der Waals surface area contributed by atoms with Crippen LogP contribution in [0, 0.1) is 0 Å². The van der Waals surface area contributed by atoms with E-state index in [0.29, 0.717) is 33.7 Å². The number of H-pyrrole nitrogens is 2. The minimum atomic E-state index is -0.823. The molecule has 34 heavy (non-hydrogen) atoms. The molecule has 4 aromatic rings. The molecule has 1 amide bonds. The van der Waals surface area contributed by atoms with Gasteiger partial charge in [-0.2, -0.15) is 0 Å². The highest BCUT2D eigenvalue weighted by molar-refractivity contribution is 7.99. The lowest BCUT2D eigenvalue weighted by atomic mass is 10.0. The number of rotatable bonds is 9. The van der Waals surface area contributed by atoms with Crippen LogP contribution in [0.25, 0.3) is 22.3 Å². The second kappa shape index (κ2) is 10.6.